The minimum absolute atomic E-state index is 0.0421. The summed E-state index contributed by atoms with van der Waals surface area (Å²) in [6.07, 6.45) is -10.4. The van der Waals surface area contributed by atoms with Gasteiger partial charge in [0.05, 0.1) is 18.5 Å². The van der Waals surface area contributed by atoms with Gasteiger partial charge in [-0.15, -0.1) is 13.2 Å². The first-order valence-corrected chi connectivity index (χ1v) is 11.2. The summed E-state index contributed by atoms with van der Waals surface area (Å²) in [5.74, 6) is -2.70. The fourth-order valence-electron chi connectivity index (χ4n) is 4.36. The molecule has 194 valence electrons. The average molecular weight is 539 g/mol. The van der Waals surface area contributed by atoms with E-state index in [1.54, 1.807) is 0 Å². The van der Waals surface area contributed by atoms with Gasteiger partial charge in [-0.1, -0.05) is 24.8 Å². The highest BCUT2D eigenvalue weighted by molar-refractivity contribution is 8.13. The van der Waals surface area contributed by atoms with Crippen LogP contribution in [-0.2, 0) is 10.3 Å². The number of hydrogen-bond donors (Lipinski definition) is 1. The standard InChI is InChI=1S/C22H17F8N3O2S/c1-19-10-36-18(31)33-20(19,9-34-17(19)21(25,26)27)13-6-11(2-4-14(13)23)7-15(24)16-5-3-12(8-32-16)35-22(28,29)30/h2-8,17H,9-10H2,1H3,(H2,31,33)/b15-7-/t17-,19+,20+/m0/s1. The summed E-state index contributed by atoms with van der Waals surface area (Å²) in [6, 6.07) is 5.06. The Kier molecular flexibility index (Phi) is 6.48. The van der Waals surface area contributed by atoms with Crippen LogP contribution in [0.25, 0.3) is 11.9 Å². The molecule has 1 fully saturated rings. The van der Waals surface area contributed by atoms with Crippen LogP contribution in [-0.4, -0.2) is 41.2 Å². The summed E-state index contributed by atoms with van der Waals surface area (Å²) in [6.45, 7) is 0.682. The number of halogens is 8. The molecule has 0 unspecified atom stereocenters. The van der Waals surface area contributed by atoms with Crippen LogP contribution >= 0.6 is 11.8 Å². The van der Waals surface area contributed by atoms with Crippen LogP contribution in [0, 0.1) is 11.2 Å². The van der Waals surface area contributed by atoms with Gasteiger partial charge < -0.3 is 15.2 Å². The second kappa shape index (κ2) is 8.91. The first-order valence-electron chi connectivity index (χ1n) is 10.2. The van der Waals surface area contributed by atoms with E-state index >= 15 is 4.39 Å². The minimum atomic E-state index is -4.95. The van der Waals surface area contributed by atoms with Crippen molar-refractivity contribution in [3.63, 3.8) is 0 Å². The Labute approximate surface area is 203 Å². The van der Waals surface area contributed by atoms with Crippen LogP contribution in [0.5, 0.6) is 5.75 Å². The molecule has 2 N–H and O–H groups in total. The SMILES string of the molecule is C[C@]12CSC(N)=N[C@@]1(c1cc(/C=C(\F)c3ccc(OC(F)(F)F)cn3)ccc1F)CO[C@@H]2C(F)(F)F. The Bertz CT molecular complexity index is 1220. The van der Waals surface area contributed by atoms with E-state index in [1.807, 2.05) is 0 Å². The molecule has 2 aliphatic rings. The Balaban J connectivity index is 1.73. The van der Waals surface area contributed by atoms with Crippen LogP contribution in [0.15, 0.2) is 41.5 Å². The molecule has 3 atom stereocenters. The van der Waals surface area contributed by atoms with Crippen LogP contribution in [0.2, 0.25) is 0 Å². The van der Waals surface area contributed by atoms with Crippen molar-refractivity contribution < 1.29 is 44.6 Å². The number of hydrogen-bond acceptors (Lipinski definition) is 6. The van der Waals surface area contributed by atoms with Gasteiger partial charge in [-0.05, 0) is 35.9 Å². The molecule has 0 aliphatic carbocycles. The zero-order chi connectivity index (χ0) is 26.5. The quantitative estimate of drug-likeness (QED) is 0.497. The summed E-state index contributed by atoms with van der Waals surface area (Å²) >= 11 is 0.893. The van der Waals surface area contributed by atoms with E-state index in [2.05, 4.69) is 14.7 Å². The molecule has 1 aromatic carbocycles. The molecule has 5 nitrogen and oxygen atoms in total. The number of aromatic nitrogens is 1. The number of rotatable bonds is 4. The molecule has 0 spiro atoms. The maximum Gasteiger partial charge on any atom is 0.573 e. The number of amidine groups is 1. The lowest BCUT2D eigenvalue weighted by atomic mass is 9.67. The van der Waals surface area contributed by atoms with Crippen molar-refractivity contribution in [1.29, 1.82) is 0 Å². The Morgan fingerprint density at radius 3 is 2.53 bits per heavy atom. The zero-order valence-electron chi connectivity index (χ0n) is 18.3. The van der Waals surface area contributed by atoms with Gasteiger partial charge in [0.1, 0.15) is 22.9 Å². The maximum absolute atomic E-state index is 15.1. The van der Waals surface area contributed by atoms with Crippen LogP contribution in [0.3, 0.4) is 0 Å². The molecule has 0 saturated carbocycles. The molecule has 14 heteroatoms. The van der Waals surface area contributed by atoms with Crippen molar-refractivity contribution in [2.24, 2.45) is 16.1 Å². The molecule has 36 heavy (non-hydrogen) atoms. The number of nitrogens with zero attached hydrogens (tertiary/aromatic N) is 2. The Morgan fingerprint density at radius 2 is 1.92 bits per heavy atom. The molecule has 4 rings (SSSR count). The van der Waals surface area contributed by atoms with Crippen molar-refractivity contribution in [2.45, 2.75) is 31.1 Å². The van der Waals surface area contributed by atoms with E-state index in [0.29, 0.717) is 6.20 Å². The predicted octanol–water partition coefficient (Wildman–Crippen LogP) is 5.81. The van der Waals surface area contributed by atoms with Gasteiger partial charge in [0.2, 0.25) is 0 Å². The number of aliphatic imine (C=N–C) groups is 1. The molecule has 0 amide bonds. The number of ether oxygens (including phenoxy) is 2. The lowest BCUT2D eigenvalue weighted by Crippen LogP contribution is -2.54. The van der Waals surface area contributed by atoms with Crippen molar-refractivity contribution in [2.75, 3.05) is 12.4 Å². The molecule has 2 aliphatic heterocycles. The maximum atomic E-state index is 15.1. The van der Waals surface area contributed by atoms with Crippen molar-refractivity contribution in [3.8, 4) is 5.75 Å². The number of thioether (sulfide) groups is 1. The van der Waals surface area contributed by atoms with Crippen molar-refractivity contribution >= 4 is 28.8 Å². The highest BCUT2D eigenvalue weighted by Crippen LogP contribution is 2.59. The monoisotopic (exact) mass is 539 g/mol. The van der Waals surface area contributed by atoms with Crippen LogP contribution in [0.1, 0.15) is 23.7 Å². The topological polar surface area (TPSA) is 69.7 Å². The molecule has 3 heterocycles. The van der Waals surface area contributed by atoms with E-state index in [0.717, 1.165) is 42.1 Å². The van der Waals surface area contributed by atoms with Gasteiger partial charge in [0.15, 0.2) is 11.3 Å². The summed E-state index contributed by atoms with van der Waals surface area (Å²) in [5.41, 5.74) is 1.69. The van der Waals surface area contributed by atoms with Crippen molar-refractivity contribution in [1.82, 2.24) is 4.98 Å². The third kappa shape index (κ3) is 4.75. The third-order valence-electron chi connectivity index (χ3n) is 6.04. The van der Waals surface area contributed by atoms with Crippen molar-refractivity contribution in [3.05, 3.63) is 59.2 Å². The van der Waals surface area contributed by atoms with E-state index in [4.69, 9.17) is 10.5 Å². The molecule has 0 radical (unpaired) electrons. The van der Waals surface area contributed by atoms with Gasteiger partial charge in [0, 0.05) is 16.7 Å². The second-order valence-electron chi connectivity index (χ2n) is 8.41. The van der Waals surface area contributed by atoms with E-state index < -0.39 is 53.6 Å². The predicted molar refractivity (Wildman–Crippen MR) is 116 cm³/mol. The number of fused-ring (bicyclic) bond motifs is 1. The lowest BCUT2D eigenvalue weighted by molar-refractivity contribution is -0.274. The molecule has 2 aromatic rings. The molecule has 1 aromatic heterocycles. The zero-order valence-corrected chi connectivity index (χ0v) is 19.1. The van der Waals surface area contributed by atoms with Gasteiger partial charge in [-0.3, -0.25) is 0 Å². The highest BCUT2D eigenvalue weighted by atomic mass is 32.2. The second-order valence-corrected chi connectivity index (χ2v) is 9.40. The van der Waals surface area contributed by atoms with Crippen LogP contribution < -0.4 is 10.5 Å². The number of alkyl halides is 6. The number of nitrogens with two attached hydrogens (primary N) is 1. The molecular weight excluding hydrogens is 522 g/mol. The average Bonchev–Trinajstić information content (AvgIpc) is 3.08. The molecule has 1 saturated heterocycles. The summed E-state index contributed by atoms with van der Waals surface area (Å²) in [7, 11) is 0. The van der Waals surface area contributed by atoms with Gasteiger partial charge in [-0.25, -0.2) is 18.8 Å². The molecule has 0 bridgehead atoms. The fourth-order valence-corrected chi connectivity index (χ4v) is 5.41. The first-order chi connectivity index (χ1) is 16.6. The van der Waals surface area contributed by atoms with E-state index in [9.17, 15) is 30.7 Å². The smallest absolute Gasteiger partial charge is 0.404 e. The number of benzene rings is 1. The summed E-state index contributed by atoms with van der Waals surface area (Å²) in [4.78, 5) is 7.79. The van der Waals surface area contributed by atoms with Gasteiger partial charge in [0.25, 0.3) is 0 Å². The normalized spacial score (nSPS) is 27.0. The van der Waals surface area contributed by atoms with Gasteiger partial charge >= 0.3 is 12.5 Å². The van der Waals surface area contributed by atoms with Crippen LogP contribution in [0.4, 0.5) is 35.1 Å². The van der Waals surface area contributed by atoms with Gasteiger partial charge in [-0.2, -0.15) is 13.2 Å². The third-order valence-corrected chi connectivity index (χ3v) is 7.18. The van der Waals surface area contributed by atoms with E-state index in [-0.39, 0.29) is 27.7 Å². The number of pyridine rings is 1. The largest absolute Gasteiger partial charge is 0.573 e. The minimum Gasteiger partial charge on any atom is -0.404 e. The Morgan fingerprint density at radius 1 is 1.19 bits per heavy atom. The summed E-state index contributed by atoms with van der Waals surface area (Å²) < 4.78 is 117. The first kappa shape index (κ1) is 26.2. The highest BCUT2D eigenvalue weighted by Gasteiger charge is 2.69. The fraction of sp³-hybridized carbons (Fsp3) is 0.364. The molecular formula is C22H17F8N3O2S. The Hall–Kier alpha value is -2.87. The van der Waals surface area contributed by atoms with E-state index in [1.165, 1.54) is 13.0 Å². The lowest BCUT2D eigenvalue weighted by Gasteiger charge is -2.45. The summed E-state index contributed by atoms with van der Waals surface area (Å²) in [5, 5.41) is -0.0456.